The Kier molecular flexibility index (Phi) is 4.78. The number of aromatic hydroxyl groups is 1. The minimum Gasteiger partial charge on any atom is -0.508 e. The van der Waals surface area contributed by atoms with Gasteiger partial charge in [0.25, 0.3) is 0 Å². The highest BCUT2D eigenvalue weighted by molar-refractivity contribution is 6.16. The second-order valence-electron chi connectivity index (χ2n) is 10.1. The number of imide groups is 1. The van der Waals surface area contributed by atoms with E-state index < -0.39 is 29.1 Å². The fourth-order valence-corrected chi connectivity index (χ4v) is 7.00. The lowest BCUT2D eigenvalue weighted by atomic mass is 9.46. The van der Waals surface area contributed by atoms with Crippen LogP contribution < -0.4 is 0 Å². The van der Waals surface area contributed by atoms with Crippen molar-refractivity contribution in [2.75, 3.05) is 6.54 Å². The molecule has 1 aromatic carbocycles. The minimum atomic E-state index is -0.983. The molecular weight excluding hydrogens is 418 g/mol. The molecule has 1 heterocycles. The molecular formula is C27H29NO5. The number of carbonyl (C=O) groups excluding carboxylic acids is 4. The number of Topliss-reactive ketones (excluding diaryl/α,β-unsaturated/α-hetero) is 2. The standard InChI is InChI=1S/C27H29NO5/c1-5-28-25(32)18-11-10-17-19(21(18)26(28)33)12-20-23(30)13(2)14(3)24(31)27(20,4)22(17)15-6-8-16(29)9-7-15/h6-10,18-22,29H,5,11-12H2,1-4H3/t18-,19+,20-,21-,22-,27+/m0/s1. The molecule has 0 spiro atoms. The Bertz CT molecular complexity index is 1160. The van der Waals surface area contributed by atoms with E-state index in [1.165, 1.54) is 4.90 Å². The number of phenolic OH excluding ortho intramolecular Hbond substituents is 1. The summed E-state index contributed by atoms with van der Waals surface area (Å²) in [5.74, 6) is -2.36. The van der Waals surface area contributed by atoms with Crippen molar-refractivity contribution in [2.24, 2.45) is 29.1 Å². The number of hydrogen-bond donors (Lipinski definition) is 1. The highest BCUT2D eigenvalue weighted by Gasteiger charge is 2.63. The third-order valence-electron chi connectivity index (χ3n) is 8.80. The molecule has 1 aliphatic heterocycles. The van der Waals surface area contributed by atoms with Crippen LogP contribution in [0.1, 0.15) is 52.0 Å². The molecule has 2 fully saturated rings. The topological polar surface area (TPSA) is 91.8 Å². The molecule has 0 bridgehead atoms. The summed E-state index contributed by atoms with van der Waals surface area (Å²) in [6.45, 7) is 7.46. The molecule has 1 aromatic rings. The Hall–Kier alpha value is -3.02. The molecule has 6 atom stereocenters. The Morgan fingerprint density at radius 3 is 2.30 bits per heavy atom. The van der Waals surface area contributed by atoms with E-state index in [0.717, 1.165) is 11.1 Å². The zero-order chi connectivity index (χ0) is 23.8. The van der Waals surface area contributed by atoms with Gasteiger partial charge in [0.05, 0.1) is 17.3 Å². The molecule has 0 aromatic heterocycles. The fourth-order valence-electron chi connectivity index (χ4n) is 7.00. The molecule has 0 radical (unpaired) electrons. The normalized spacial score (nSPS) is 35.9. The van der Waals surface area contributed by atoms with Crippen LogP contribution in [0.3, 0.4) is 0 Å². The molecule has 3 aliphatic carbocycles. The van der Waals surface area contributed by atoms with Gasteiger partial charge < -0.3 is 5.11 Å². The summed E-state index contributed by atoms with van der Waals surface area (Å²) >= 11 is 0. The van der Waals surface area contributed by atoms with E-state index in [2.05, 4.69) is 0 Å². The van der Waals surface area contributed by atoms with Crippen molar-refractivity contribution in [3.05, 3.63) is 52.6 Å². The predicted octanol–water partition coefficient (Wildman–Crippen LogP) is 3.56. The highest BCUT2D eigenvalue weighted by atomic mass is 16.3. The number of benzene rings is 1. The number of amides is 2. The van der Waals surface area contributed by atoms with Gasteiger partial charge in [-0.15, -0.1) is 0 Å². The smallest absolute Gasteiger partial charge is 0.233 e. The lowest BCUT2D eigenvalue weighted by Gasteiger charge is -2.54. The van der Waals surface area contributed by atoms with Crippen molar-refractivity contribution in [1.29, 1.82) is 0 Å². The highest BCUT2D eigenvalue weighted by Crippen LogP contribution is 2.62. The number of fused-ring (bicyclic) bond motifs is 4. The molecule has 6 heteroatoms. The fraction of sp³-hybridized carbons (Fsp3) is 0.481. The third-order valence-corrected chi connectivity index (χ3v) is 8.80. The van der Waals surface area contributed by atoms with E-state index in [1.807, 2.05) is 13.0 Å². The van der Waals surface area contributed by atoms with Crippen LogP contribution in [0.15, 0.2) is 47.1 Å². The van der Waals surface area contributed by atoms with Crippen molar-refractivity contribution in [3.63, 3.8) is 0 Å². The van der Waals surface area contributed by atoms with Crippen LogP contribution in [0.25, 0.3) is 0 Å². The number of allylic oxidation sites excluding steroid dienone is 4. The first-order chi connectivity index (χ1) is 15.6. The quantitative estimate of drug-likeness (QED) is 0.553. The average Bonchev–Trinajstić information content (AvgIpc) is 3.06. The summed E-state index contributed by atoms with van der Waals surface area (Å²) in [5, 5.41) is 9.87. The summed E-state index contributed by atoms with van der Waals surface area (Å²) in [4.78, 5) is 54.9. The zero-order valence-corrected chi connectivity index (χ0v) is 19.4. The number of likely N-dealkylation sites (tertiary alicyclic amines) is 1. The van der Waals surface area contributed by atoms with Crippen LogP contribution in [0, 0.1) is 29.1 Å². The van der Waals surface area contributed by atoms with Gasteiger partial charge in [-0.2, -0.15) is 0 Å². The molecule has 33 heavy (non-hydrogen) atoms. The lowest BCUT2D eigenvalue weighted by Crippen LogP contribution is -2.55. The molecule has 4 aliphatic rings. The molecule has 1 saturated heterocycles. The summed E-state index contributed by atoms with van der Waals surface area (Å²) < 4.78 is 0. The van der Waals surface area contributed by atoms with Crippen molar-refractivity contribution >= 4 is 23.4 Å². The second kappa shape index (κ2) is 7.24. The van der Waals surface area contributed by atoms with Gasteiger partial charge in [0.1, 0.15) is 5.75 Å². The van der Waals surface area contributed by atoms with E-state index >= 15 is 0 Å². The first-order valence-electron chi connectivity index (χ1n) is 11.7. The number of hydrogen-bond acceptors (Lipinski definition) is 5. The first kappa shape index (κ1) is 21.8. The van der Waals surface area contributed by atoms with Crippen LogP contribution in [0.5, 0.6) is 5.75 Å². The van der Waals surface area contributed by atoms with Crippen LogP contribution in [0.2, 0.25) is 0 Å². The molecule has 1 N–H and O–H groups in total. The predicted molar refractivity (Wildman–Crippen MR) is 121 cm³/mol. The SMILES string of the molecule is CCN1C(=O)[C@H]2[C@H](CC=C3[C@H]2C[C@H]2C(=O)C(C)=C(C)C(=O)[C@@]2(C)[C@H]3c2ccc(O)cc2)C1=O. The molecule has 5 rings (SSSR count). The van der Waals surface area contributed by atoms with Gasteiger partial charge in [-0.25, -0.2) is 0 Å². The molecule has 172 valence electrons. The van der Waals surface area contributed by atoms with E-state index in [4.69, 9.17) is 0 Å². The molecule has 1 saturated carbocycles. The third kappa shape index (κ3) is 2.73. The van der Waals surface area contributed by atoms with E-state index in [-0.39, 0.29) is 35.0 Å². The second-order valence-corrected chi connectivity index (χ2v) is 10.1. The number of ketones is 2. The summed E-state index contributed by atoms with van der Waals surface area (Å²) in [7, 11) is 0. The van der Waals surface area contributed by atoms with Gasteiger partial charge in [0, 0.05) is 18.4 Å². The van der Waals surface area contributed by atoms with Crippen LogP contribution in [-0.2, 0) is 19.2 Å². The summed E-state index contributed by atoms with van der Waals surface area (Å²) in [6.07, 6.45) is 2.90. The van der Waals surface area contributed by atoms with Gasteiger partial charge in [-0.05, 0) is 68.4 Å². The number of carbonyl (C=O) groups is 4. The van der Waals surface area contributed by atoms with E-state index in [1.54, 1.807) is 45.0 Å². The van der Waals surface area contributed by atoms with Gasteiger partial charge in [-0.3, -0.25) is 24.1 Å². The van der Waals surface area contributed by atoms with E-state index in [0.29, 0.717) is 30.5 Å². The minimum absolute atomic E-state index is 0.0341. The van der Waals surface area contributed by atoms with Gasteiger partial charge in [0.2, 0.25) is 11.8 Å². The van der Waals surface area contributed by atoms with E-state index in [9.17, 15) is 24.3 Å². The summed E-state index contributed by atoms with van der Waals surface area (Å²) in [5.41, 5.74) is 1.83. The molecule has 0 unspecified atom stereocenters. The largest absolute Gasteiger partial charge is 0.508 e. The monoisotopic (exact) mass is 447 g/mol. The van der Waals surface area contributed by atoms with Crippen molar-refractivity contribution in [1.82, 2.24) is 4.90 Å². The molecule has 2 amide bonds. The van der Waals surface area contributed by atoms with Crippen molar-refractivity contribution in [2.45, 2.75) is 46.5 Å². The Balaban J connectivity index is 1.72. The molecule has 6 nitrogen and oxygen atoms in total. The maximum Gasteiger partial charge on any atom is 0.233 e. The number of rotatable bonds is 2. The maximum atomic E-state index is 13.8. The van der Waals surface area contributed by atoms with Gasteiger partial charge in [0.15, 0.2) is 11.6 Å². The van der Waals surface area contributed by atoms with Gasteiger partial charge >= 0.3 is 0 Å². The number of nitrogens with zero attached hydrogens (tertiary/aromatic N) is 1. The van der Waals surface area contributed by atoms with Crippen molar-refractivity contribution in [3.8, 4) is 5.75 Å². The number of phenols is 1. The van der Waals surface area contributed by atoms with Crippen LogP contribution >= 0.6 is 0 Å². The lowest BCUT2D eigenvalue weighted by molar-refractivity contribution is -0.143. The Morgan fingerprint density at radius 1 is 1.00 bits per heavy atom. The van der Waals surface area contributed by atoms with Crippen LogP contribution in [0.4, 0.5) is 0 Å². The maximum absolute atomic E-state index is 13.8. The summed E-state index contributed by atoms with van der Waals surface area (Å²) in [6, 6.07) is 6.79. The Labute approximate surface area is 193 Å². The average molecular weight is 448 g/mol. The van der Waals surface area contributed by atoms with Crippen LogP contribution in [-0.4, -0.2) is 39.9 Å². The van der Waals surface area contributed by atoms with Gasteiger partial charge in [-0.1, -0.05) is 30.7 Å². The van der Waals surface area contributed by atoms with Crippen molar-refractivity contribution < 1.29 is 24.3 Å². The first-order valence-corrected chi connectivity index (χ1v) is 11.7. The zero-order valence-electron chi connectivity index (χ0n) is 19.4. The Morgan fingerprint density at radius 2 is 1.67 bits per heavy atom.